The Bertz CT molecular complexity index is 462. The van der Waals surface area contributed by atoms with Crippen molar-refractivity contribution in [2.75, 3.05) is 11.9 Å². The van der Waals surface area contributed by atoms with E-state index in [4.69, 9.17) is 11.6 Å². The second-order valence-electron chi connectivity index (χ2n) is 3.25. The van der Waals surface area contributed by atoms with Gasteiger partial charge in [-0.1, -0.05) is 11.6 Å². The number of hydrogen-bond acceptors (Lipinski definition) is 5. The number of nitrogens with zero attached hydrogens (tertiary/aromatic N) is 5. The van der Waals surface area contributed by atoms with Crippen molar-refractivity contribution in [3.63, 3.8) is 0 Å². The topological polar surface area (TPSA) is 54.8 Å². The molecule has 16 heavy (non-hydrogen) atoms. The molecule has 2 aromatic heterocycles. The SMILES string of the molecule is CN(Cc1cnccn1)c1cncc(Cl)n1. The first kappa shape index (κ1) is 10.8. The van der Waals surface area contributed by atoms with Crippen molar-refractivity contribution < 1.29 is 0 Å². The van der Waals surface area contributed by atoms with Gasteiger partial charge in [0.15, 0.2) is 0 Å². The Labute approximate surface area is 98.2 Å². The lowest BCUT2D eigenvalue weighted by atomic mass is 10.4. The fourth-order valence-corrected chi connectivity index (χ4v) is 1.40. The average Bonchev–Trinajstić information content (AvgIpc) is 2.30. The van der Waals surface area contributed by atoms with Crippen molar-refractivity contribution >= 4 is 17.4 Å². The molecule has 0 amide bonds. The van der Waals surface area contributed by atoms with Crippen LogP contribution in [0.4, 0.5) is 5.82 Å². The summed E-state index contributed by atoms with van der Waals surface area (Å²) in [6.07, 6.45) is 8.17. The Balaban J connectivity index is 2.12. The Kier molecular flexibility index (Phi) is 3.26. The van der Waals surface area contributed by atoms with Gasteiger partial charge in [-0.25, -0.2) is 4.98 Å². The van der Waals surface area contributed by atoms with E-state index in [1.54, 1.807) is 24.8 Å². The third-order valence-electron chi connectivity index (χ3n) is 2.00. The minimum Gasteiger partial charge on any atom is -0.352 e. The molecule has 2 aromatic rings. The highest BCUT2D eigenvalue weighted by molar-refractivity contribution is 6.29. The van der Waals surface area contributed by atoms with Gasteiger partial charge in [0.2, 0.25) is 0 Å². The van der Waals surface area contributed by atoms with E-state index < -0.39 is 0 Å². The summed E-state index contributed by atoms with van der Waals surface area (Å²) in [6, 6.07) is 0. The van der Waals surface area contributed by atoms with Gasteiger partial charge in [-0.05, 0) is 0 Å². The Morgan fingerprint density at radius 3 is 2.75 bits per heavy atom. The lowest BCUT2D eigenvalue weighted by Gasteiger charge is -2.16. The summed E-state index contributed by atoms with van der Waals surface area (Å²) >= 11 is 5.76. The first-order valence-electron chi connectivity index (χ1n) is 4.69. The molecule has 0 fully saturated rings. The maximum atomic E-state index is 5.76. The molecule has 0 bridgehead atoms. The third-order valence-corrected chi connectivity index (χ3v) is 2.18. The molecule has 5 nitrogen and oxygen atoms in total. The van der Waals surface area contributed by atoms with Crippen LogP contribution in [0.15, 0.2) is 31.0 Å². The largest absolute Gasteiger partial charge is 0.352 e. The van der Waals surface area contributed by atoms with Crippen molar-refractivity contribution in [1.82, 2.24) is 19.9 Å². The molecular formula is C10H10ClN5. The summed E-state index contributed by atoms with van der Waals surface area (Å²) in [4.78, 5) is 18.2. The maximum absolute atomic E-state index is 5.76. The van der Waals surface area contributed by atoms with Crippen molar-refractivity contribution in [3.05, 3.63) is 41.8 Å². The molecule has 0 radical (unpaired) electrons. The quantitative estimate of drug-likeness (QED) is 0.808. The fraction of sp³-hybridized carbons (Fsp3) is 0.200. The normalized spacial score (nSPS) is 10.1. The van der Waals surface area contributed by atoms with Crippen molar-refractivity contribution in [2.45, 2.75) is 6.54 Å². The molecule has 0 unspecified atom stereocenters. The standard InChI is InChI=1S/C10H10ClN5/c1-16(7-8-4-12-2-3-14-8)10-6-13-5-9(11)15-10/h2-6H,7H2,1H3. The number of rotatable bonds is 3. The van der Waals surface area contributed by atoms with E-state index in [9.17, 15) is 0 Å². The second-order valence-corrected chi connectivity index (χ2v) is 3.64. The number of aromatic nitrogens is 4. The monoisotopic (exact) mass is 235 g/mol. The lowest BCUT2D eigenvalue weighted by Crippen LogP contribution is -2.18. The van der Waals surface area contributed by atoms with Gasteiger partial charge in [-0.15, -0.1) is 0 Å². The van der Waals surface area contributed by atoms with Gasteiger partial charge in [0, 0.05) is 19.4 Å². The van der Waals surface area contributed by atoms with E-state index in [-0.39, 0.29) is 0 Å². The molecule has 0 spiro atoms. The van der Waals surface area contributed by atoms with Gasteiger partial charge in [-0.2, -0.15) is 0 Å². The molecule has 0 aromatic carbocycles. The van der Waals surface area contributed by atoms with Crippen LogP contribution in [0.2, 0.25) is 5.15 Å². The molecule has 0 aliphatic carbocycles. The highest BCUT2D eigenvalue weighted by atomic mass is 35.5. The molecule has 2 rings (SSSR count). The number of hydrogen-bond donors (Lipinski definition) is 0. The van der Waals surface area contributed by atoms with E-state index in [2.05, 4.69) is 19.9 Å². The lowest BCUT2D eigenvalue weighted by molar-refractivity contribution is 0.851. The van der Waals surface area contributed by atoms with E-state index in [1.165, 1.54) is 6.20 Å². The molecule has 0 saturated heterocycles. The van der Waals surface area contributed by atoms with Gasteiger partial charge in [0.1, 0.15) is 11.0 Å². The van der Waals surface area contributed by atoms with E-state index in [0.29, 0.717) is 17.5 Å². The number of anilines is 1. The highest BCUT2D eigenvalue weighted by Gasteiger charge is 2.05. The van der Waals surface area contributed by atoms with Crippen LogP contribution >= 0.6 is 11.6 Å². The van der Waals surface area contributed by atoms with E-state index in [1.807, 2.05) is 11.9 Å². The minimum absolute atomic E-state index is 0.378. The van der Waals surface area contributed by atoms with Crippen LogP contribution in [0.3, 0.4) is 0 Å². The molecule has 0 aliphatic rings. The van der Waals surface area contributed by atoms with Gasteiger partial charge in [-0.3, -0.25) is 15.0 Å². The summed E-state index contributed by atoms with van der Waals surface area (Å²) in [5, 5.41) is 0.378. The Morgan fingerprint density at radius 1 is 1.19 bits per heavy atom. The van der Waals surface area contributed by atoms with Crippen LogP contribution in [-0.4, -0.2) is 27.0 Å². The molecule has 82 valence electrons. The molecule has 0 saturated carbocycles. The predicted molar refractivity (Wildman–Crippen MR) is 61.2 cm³/mol. The zero-order valence-electron chi connectivity index (χ0n) is 8.71. The second kappa shape index (κ2) is 4.85. The zero-order valence-corrected chi connectivity index (χ0v) is 9.46. The van der Waals surface area contributed by atoms with Crippen LogP contribution in [0, 0.1) is 0 Å². The fourth-order valence-electron chi connectivity index (χ4n) is 1.25. The molecule has 0 atom stereocenters. The van der Waals surface area contributed by atoms with Crippen molar-refractivity contribution in [1.29, 1.82) is 0 Å². The summed E-state index contributed by atoms with van der Waals surface area (Å²) < 4.78 is 0. The van der Waals surface area contributed by atoms with Crippen LogP contribution in [0.25, 0.3) is 0 Å². The Hall–Kier alpha value is -1.75. The van der Waals surface area contributed by atoms with Crippen LogP contribution in [0.5, 0.6) is 0 Å². The molecule has 0 N–H and O–H groups in total. The molecule has 2 heterocycles. The third kappa shape index (κ3) is 2.64. The highest BCUT2D eigenvalue weighted by Crippen LogP contribution is 2.12. The van der Waals surface area contributed by atoms with Crippen molar-refractivity contribution in [2.24, 2.45) is 0 Å². The Morgan fingerprint density at radius 2 is 2.06 bits per heavy atom. The molecule has 0 aliphatic heterocycles. The van der Waals surface area contributed by atoms with E-state index >= 15 is 0 Å². The first-order chi connectivity index (χ1) is 7.75. The average molecular weight is 236 g/mol. The smallest absolute Gasteiger partial charge is 0.149 e. The van der Waals surface area contributed by atoms with Crippen LogP contribution in [-0.2, 0) is 6.54 Å². The van der Waals surface area contributed by atoms with Gasteiger partial charge in [0.25, 0.3) is 0 Å². The number of halogens is 1. The summed E-state index contributed by atoms with van der Waals surface area (Å²) in [6.45, 7) is 0.614. The molecule has 6 heteroatoms. The van der Waals surface area contributed by atoms with Gasteiger partial charge < -0.3 is 4.90 Å². The van der Waals surface area contributed by atoms with E-state index in [0.717, 1.165) is 5.69 Å². The maximum Gasteiger partial charge on any atom is 0.149 e. The first-order valence-corrected chi connectivity index (χ1v) is 5.07. The van der Waals surface area contributed by atoms with Crippen molar-refractivity contribution in [3.8, 4) is 0 Å². The summed E-state index contributed by atoms with van der Waals surface area (Å²) in [5.41, 5.74) is 0.867. The zero-order chi connectivity index (χ0) is 11.4. The summed E-state index contributed by atoms with van der Waals surface area (Å²) in [7, 11) is 1.90. The van der Waals surface area contributed by atoms with Gasteiger partial charge >= 0.3 is 0 Å². The summed E-state index contributed by atoms with van der Waals surface area (Å²) in [5.74, 6) is 0.707. The molecular weight excluding hydrogens is 226 g/mol. The predicted octanol–water partition coefficient (Wildman–Crippen LogP) is 1.56. The minimum atomic E-state index is 0.378. The van der Waals surface area contributed by atoms with Crippen LogP contribution in [0.1, 0.15) is 5.69 Å². The van der Waals surface area contributed by atoms with Crippen LogP contribution < -0.4 is 4.90 Å². The van der Waals surface area contributed by atoms with Gasteiger partial charge in [0.05, 0.1) is 30.8 Å².